The van der Waals surface area contributed by atoms with Crippen molar-refractivity contribution in [1.29, 1.82) is 0 Å². The normalized spacial score (nSPS) is 21.0. The molecular weight excluding hydrogens is 558 g/mol. The Morgan fingerprint density at radius 3 is 2.52 bits per heavy atom. The second-order valence-corrected chi connectivity index (χ2v) is 11.2. The first-order chi connectivity index (χ1) is 21.4. The molecule has 2 bridgehead atoms. The van der Waals surface area contributed by atoms with Crippen LogP contribution in [0.15, 0.2) is 85.1 Å². The molecule has 0 aliphatic carbocycles. The summed E-state index contributed by atoms with van der Waals surface area (Å²) >= 11 is 0. The molecule has 6 rings (SSSR count). The van der Waals surface area contributed by atoms with Gasteiger partial charge in [-0.2, -0.15) is 0 Å². The molecule has 4 aromatic rings. The molecule has 1 aromatic heterocycles. The van der Waals surface area contributed by atoms with E-state index in [0.717, 1.165) is 28.1 Å². The maximum atomic E-state index is 13.9. The van der Waals surface area contributed by atoms with Crippen molar-refractivity contribution in [3.63, 3.8) is 0 Å². The van der Waals surface area contributed by atoms with Gasteiger partial charge in [-0.05, 0) is 47.4 Å². The Labute approximate surface area is 255 Å². The number of carbonyl (C=O) groups excluding carboxylic acids is 3. The Bertz CT molecular complexity index is 1640. The van der Waals surface area contributed by atoms with E-state index in [1.165, 1.54) is 0 Å². The van der Waals surface area contributed by atoms with Crippen LogP contribution in [0.1, 0.15) is 28.8 Å². The molecule has 2 aliphatic rings. The van der Waals surface area contributed by atoms with E-state index in [2.05, 4.69) is 26.3 Å². The summed E-state index contributed by atoms with van der Waals surface area (Å²) in [6.45, 7) is 1.19. The Kier molecular flexibility index (Phi) is 8.64. The van der Waals surface area contributed by atoms with Crippen LogP contribution < -0.4 is 20.7 Å². The number of hydrogen-bond acceptors (Lipinski definition) is 7. The molecule has 226 valence electrons. The number of nitrogens with zero attached hydrogens (tertiary/aromatic N) is 4. The second-order valence-electron chi connectivity index (χ2n) is 11.2. The number of ether oxygens (including phenoxy) is 1. The van der Waals surface area contributed by atoms with Crippen LogP contribution in [0, 0.1) is 0 Å². The van der Waals surface area contributed by atoms with Gasteiger partial charge in [0.15, 0.2) is 0 Å². The quantitative estimate of drug-likeness (QED) is 0.312. The first-order valence-electron chi connectivity index (χ1n) is 14.7. The Morgan fingerprint density at radius 2 is 1.70 bits per heavy atom. The lowest BCUT2D eigenvalue weighted by atomic mass is 10.0. The van der Waals surface area contributed by atoms with E-state index in [1.54, 1.807) is 18.0 Å². The zero-order chi connectivity index (χ0) is 30.5. The molecule has 3 N–H and O–H groups in total. The standard InChI is InChI=1S/C33H35N7O4/c1-44-28-13-7-8-22(14-28)19-39-20-25-17-30(39)33(43)36-29(16-26-21-40(38-37-26)27-11-3-2-4-12-27)32(42)34-18-24-10-6-5-9-23(24)15-31(41)35-25/h2-14,21,25,29-30H,15-20H2,1H3,(H,34,42)(H,35,41)(H,36,43)/t25-,29-,30+/m1/s1. The van der Waals surface area contributed by atoms with Gasteiger partial charge in [0, 0.05) is 32.1 Å². The van der Waals surface area contributed by atoms with Crippen molar-refractivity contribution in [1.82, 2.24) is 35.8 Å². The number of hydrogen-bond donors (Lipinski definition) is 3. The Hall–Kier alpha value is -5.03. The fourth-order valence-electron chi connectivity index (χ4n) is 5.91. The van der Waals surface area contributed by atoms with Crippen LogP contribution in [0.2, 0.25) is 0 Å². The number of benzene rings is 3. The molecule has 0 unspecified atom stereocenters. The molecular formula is C33H35N7O4. The predicted octanol–water partition coefficient (Wildman–Crippen LogP) is 1.94. The average Bonchev–Trinajstić information content (AvgIpc) is 3.67. The van der Waals surface area contributed by atoms with Gasteiger partial charge < -0.3 is 20.7 Å². The van der Waals surface area contributed by atoms with E-state index in [0.29, 0.717) is 25.2 Å². The van der Waals surface area contributed by atoms with Gasteiger partial charge in [-0.15, -0.1) is 5.10 Å². The fraction of sp³-hybridized carbons (Fsp3) is 0.303. The van der Waals surface area contributed by atoms with Crippen molar-refractivity contribution < 1.29 is 19.1 Å². The highest BCUT2D eigenvalue weighted by molar-refractivity contribution is 5.90. The monoisotopic (exact) mass is 593 g/mol. The lowest BCUT2D eigenvalue weighted by molar-refractivity contribution is -0.131. The molecule has 0 saturated carbocycles. The first-order valence-corrected chi connectivity index (χ1v) is 14.7. The molecule has 3 heterocycles. The molecule has 11 nitrogen and oxygen atoms in total. The molecule has 3 aromatic carbocycles. The zero-order valence-electron chi connectivity index (χ0n) is 24.5. The SMILES string of the molecule is COc1cccc(CN2C[C@H]3C[C@H]2C(=O)N[C@H](Cc2cn(-c4ccccc4)nn2)C(=O)NCc2ccccc2CC(=O)N3)c1. The summed E-state index contributed by atoms with van der Waals surface area (Å²) in [6.07, 6.45) is 2.53. The molecule has 44 heavy (non-hydrogen) atoms. The molecule has 1 fully saturated rings. The number of rotatable bonds is 6. The summed E-state index contributed by atoms with van der Waals surface area (Å²) in [6, 6.07) is 23.2. The summed E-state index contributed by atoms with van der Waals surface area (Å²) in [5.41, 5.74) is 4.08. The number of para-hydroxylation sites is 1. The molecule has 0 radical (unpaired) electrons. The number of likely N-dealkylation sites (tertiary alicyclic amines) is 1. The van der Waals surface area contributed by atoms with Gasteiger partial charge >= 0.3 is 0 Å². The second kappa shape index (κ2) is 13.1. The van der Waals surface area contributed by atoms with E-state index in [1.807, 2.05) is 83.8 Å². The Balaban J connectivity index is 1.28. The zero-order valence-corrected chi connectivity index (χ0v) is 24.5. The minimum absolute atomic E-state index is 0.118. The van der Waals surface area contributed by atoms with Crippen LogP contribution in [0.3, 0.4) is 0 Å². The Morgan fingerprint density at radius 1 is 0.909 bits per heavy atom. The van der Waals surface area contributed by atoms with Crippen molar-refractivity contribution in [3.8, 4) is 11.4 Å². The van der Waals surface area contributed by atoms with Gasteiger partial charge in [0.25, 0.3) is 0 Å². The van der Waals surface area contributed by atoms with Gasteiger partial charge in [0.1, 0.15) is 11.8 Å². The third kappa shape index (κ3) is 6.78. The van der Waals surface area contributed by atoms with Gasteiger partial charge in [-0.1, -0.05) is 59.8 Å². The van der Waals surface area contributed by atoms with Crippen molar-refractivity contribution >= 4 is 17.7 Å². The third-order valence-corrected chi connectivity index (χ3v) is 8.12. The lowest BCUT2D eigenvalue weighted by Gasteiger charge is -2.26. The highest BCUT2D eigenvalue weighted by Gasteiger charge is 2.39. The van der Waals surface area contributed by atoms with E-state index in [9.17, 15) is 14.4 Å². The van der Waals surface area contributed by atoms with E-state index < -0.39 is 12.1 Å². The molecule has 1 saturated heterocycles. The molecule has 3 amide bonds. The van der Waals surface area contributed by atoms with Crippen LogP contribution in [0.5, 0.6) is 5.75 Å². The lowest BCUT2D eigenvalue weighted by Crippen LogP contribution is -2.53. The topological polar surface area (TPSA) is 130 Å². The van der Waals surface area contributed by atoms with Crippen LogP contribution in [-0.2, 0) is 40.3 Å². The molecule has 0 spiro atoms. The number of aromatic nitrogens is 3. The summed E-state index contributed by atoms with van der Waals surface area (Å²) in [4.78, 5) is 42.7. The van der Waals surface area contributed by atoms with Crippen molar-refractivity contribution in [2.24, 2.45) is 0 Å². The number of methoxy groups -OCH3 is 1. The number of nitrogens with one attached hydrogen (secondary N) is 3. The highest BCUT2D eigenvalue weighted by atomic mass is 16.5. The fourth-order valence-corrected chi connectivity index (χ4v) is 5.91. The van der Waals surface area contributed by atoms with Crippen molar-refractivity contribution in [2.45, 2.75) is 50.5 Å². The van der Waals surface area contributed by atoms with E-state index in [-0.39, 0.29) is 43.1 Å². The highest BCUT2D eigenvalue weighted by Crippen LogP contribution is 2.24. The van der Waals surface area contributed by atoms with Crippen LogP contribution in [-0.4, -0.2) is 69.4 Å². The molecule has 3 atom stereocenters. The molecule has 11 heteroatoms. The largest absolute Gasteiger partial charge is 0.497 e. The summed E-state index contributed by atoms with van der Waals surface area (Å²) in [5.74, 6) is -0.00646. The van der Waals surface area contributed by atoms with Crippen molar-refractivity contribution in [3.05, 3.63) is 107 Å². The van der Waals surface area contributed by atoms with Gasteiger partial charge in [0.2, 0.25) is 17.7 Å². The smallest absolute Gasteiger partial charge is 0.243 e. The van der Waals surface area contributed by atoms with Crippen LogP contribution >= 0.6 is 0 Å². The minimum Gasteiger partial charge on any atom is -0.497 e. The van der Waals surface area contributed by atoms with Gasteiger partial charge in [0.05, 0.1) is 37.2 Å². The van der Waals surface area contributed by atoms with Crippen molar-refractivity contribution in [2.75, 3.05) is 13.7 Å². The number of amides is 3. The summed E-state index contributed by atoms with van der Waals surface area (Å²) in [5, 5.41) is 17.7. The van der Waals surface area contributed by atoms with Gasteiger partial charge in [-0.3, -0.25) is 19.3 Å². The van der Waals surface area contributed by atoms with E-state index >= 15 is 0 Å². The number of fused-ring (bicyclic) bond motifs is 3. The maximum absolute atomic E-state index is 13.9. The predicted molar refractivity (Wildman–Crippen MR) is 163 cm³/mol. The molecule has 2 aliphatic heterocycles. The van der Waals surface area contributed by atoms with Crippen LogP contribution in [0.25, 0.3) is 5.69 Å². The maximum Gasteiger partial charge on any atom is 0.243 e. The first kappa shape index (κ1) is 29.1. The van der Waals surface area contributed by atoms with Crippen LogP contribution in [0.4, 0.5) is 0 Å². The number of carbonyl (C=O) groups is 3. The van der Waals surface area contributed by atoms with E-state index in [4.69, 9.17) is 4.74 Å². The minimum atomic E-state index is -0.883. The average molecular weight is 594 g/mol. The van der Waals surface area contributed by atoms with Gasteiger partial charge in [-0.25, -0.2) is 4.68 Å². The third-order valence-electron chi connectivity index (χ3n) is 8.12. The summed E-state index contributed by atoms with van der Waals surface area (Å²) in [7, 11) is 1.62. The summed E-state index contributed by atoms with van der Waals surface area (Å²) < 4.78 is 7.04.